The maximum Gasteiger partial charge on any atom is 0.0916 e. The second kappa shape index (κ2) is 4.58. The van der Waals surface area contributed by atoms with Crippen molar-refractivity contribution < 1.29 is 5.11 Å². The molecule has 0 fully saturated rings. The van der Waals surface area contributed by atoms with Gasteiger partial charge < -0.3 is 5.11 Å². The second-order valence-corrected chi connectivity index (χ2v) is 5.51. The Kier molecular flexibility index (Phi) is 3.33. The number of aliphatic hydroxyl groups is 1. The van der Waals surface area contributed by atoms with Gasteiger partial charge in [-0.1, -0.05) is 29.8 Å². The lowest BCUT2D eigenvalue weighted by Gasteiger charge is -2.23. The monoisotopic (exact) mass is 252 g/mol. The molecule has 0 aliphatic rings. The van der Waals surface area contributed by atoms with Crippen LogP contribution in [-0.4, -0.2) is 5.11 Å². The SMILES string of the molecule is CC(O)(Cc1cccs1)c1ccc(Cl)cc1. The van der Waals surface area contributed by atoms with Crippen LogP contribution in [0.2, 0.25) is 5.02 Å². The van der Waals surface area contributed by atoms with Gasteiger partial charge in [0.05, 0.1) is 5.60 Å². The van der Waals surface area contributed by atoms with E-state index in [4.69, 9.17) is 11.6 Å². The summed E-state index contributed by atoms with van der Waals surface area (Å²) in [5, 5.41) is 13.1. The number of hydrogen-bond donors (Lipinski definition) is 1. The van der Waals surface area contributed by atoms with Crippen LogP contribution in [0, 0.1) is 0 Å². The Labute approximate surface area is 104 Å². The van der Waals surface area contributed by atoms with Gasteiger partial charge in [-0.15, -0.1) is 11.3 Å². The topological polar surface area (TPSA) is 20.2 Å². The Morgan fingerprint density at radius 1 is 1.25 bits per heavy atom. The first-order valence-corrected chi connectivity index (χ1v) is 6.34. The highest BCUT2D eigenvalue weighted by atomic mass is 35.5. The van der Waals surface area contributed by atoms with Crippen LogP contribution in [0.4, 0.5) is 0 Å². The predicted molar refractivity (Wildman–Crippen MR) is 69.0 cm³/mol. The molecule has 1 aromatic heterocycles. The Bertz CT molecular complexity index is 445. The number of halogens is 1. The minimum absolute atomic E-state index is 0.631. The molecule has 1 nitrogen and oxygen atoms in total. The molecule has 2 aromatic rings. The zero-order chi connectivity index (χ0) is 11.6. The van der Waals surface area contributed by atoms with Crippen LogP contribution in [0.3, 0.4) is 0 Å². The molecular formula is C13H13ClOS. The third-order valence-electron chi connectivity index (χ3n) is 2.56. The molecule has 0 spiro atoms. The number of thiophene rings is 1. The molecule has 0 saturated heterocycles. The van der Waals surface area contributed by atoms with Gasteiger partial charge >= 0.3 is 0 Å². The van der Waals surface area contributed by atoms with Gasteiger partial charge in [0, 0.05) is 16.3 Å². The summed E-state index contributed by atoms with van der Waals surface area (Å²) in [5.74, 6) is 0. The van der Waals surface area contributed by atoms with E-state index in [0.717, 1.165) is 5.56 Å². The largest absolute Gasteiger partial charge is 0.385 e. The normalized spacial score (nSPS) is 14.7. The molecule has 1 atom stereocenters. The van der Waals surface area contributed by atoms with E-state index in [0.29, 0.717) is 11.4 Å². The minimum atomic E-state index is -0.838. The fourth-order valence-corrected chi connectivity index (χ4v) is 2.64. The van der Waals surface area contributed by atoms with Crippen molar-refractivity contribution in [2.24, 2.45) is 0 Å². The molecule has 1 unspecified atom stereocenters. The highest BCUT2D eigenvalue weighted by molar-refractivity contribution is 7.09. The molecule has 0 saturated carbocycles. The Balaban J connectivity index is 2.21. The summed E-state index contributed by atoms with van der Waals surface area (Å²) >= 11 is 7.49. The van der Waals surface area contributed by atoms with Crippen molar-refractivity contribution in [3.05, 3.63) is 57.2 Å². The fourth-order valence-electron chi connectivity index (χ4n) is 1.66. The summed E-state index contributed by atoms with van der Waals surface area (Å²) in [6, 6.07) is 11.4. The molecule has 0 bridgehead atoms. The fraction of sp³-hybridized carbons (Fsp3) is 0.231. The maximum atomic E-state index is 10.4. The first-order valence-electron chi connectivity index (χ1n) is 5.09. The average molecular weight is 253 g/mol. The van der Waals surface area contributed by atoms with Crippen LogP contribution in [0.5, 0.6) is 0 Å². The highest BCUT2D eigenvalue weighted by Crippen LogP contribution is 2.27. The second-order valence-electron chi connectivity index (χ2n) is 4.04. The van der Waals surface area contributed by atoms with Crippen molar-refractivity contribution in [1.82, 2.24) is 0 Å². The lowest BCUT2D eigenvalue weighted by atomic mass is 9.92. The van der Waals surface area contributed by atoms with Crippen LogP contribution in [0.25, 0.3) is 0 Å². The van der Waals surface area contributed by atoms with Gasteiger partial charge in [-0.05, 0) is 36.1 Å². The van der Waals surface area contributed by atoms with Gasteiger partial charge in [0.1, 0.15) is 0 Å². The lowest BCUT2D eigenvalue weighted by Crippen LogP contribution is -2.23. The van der Waals surface area contributed by atoms with Crippen molar-refractivity contribution in [3.8, 4) is 0 Å². The van der Waals surface area contributed by atoms with Gasteiger partial charge in [0.25, 0.3) is 0 Å². The van der Waals surface area contributed by atoms with Crippen molar-refractivity contribution in [2.75, 3.05) is 0 Å². The van der Waals surface area contributed by atoms with E-state index in [2.05, 4.69) is 0 Å². The molecule has 3 heteroatoms. The Morgan fingerprint density at radius 3 is 2.50 bits per heavy atom. The van der Waals surface area contributed by atoms with E-state index in [1.54, 1.807) is 23.5 Å². The van der Waals surface area contributed by atoms with Crippen molar-refractivity contribution in [3.63, 3.8) is 0 Å². The molecule has 0 aliphatic heterocycles. The van der Waals surface area contributed by atoms with E-state index >= 15 is 0 Å². The van der Waals surface area contributed by atoms with Crippen LogP contribution in [0.1, 0.15) is 17.4 Å². The Morgan fingerprint density at radius 2 is 1.94 bits per heavy atom. The van der Waals surface area contributed by atoms with Crippen LogP contribution in [0.15, 0.2) is 41.8 Å². The Hall–Kier alpha value is -0.830. The molecule has 2 rings (SSSR count). The molecule has 16 heavy (non-hydrogen) atoms. The van der Waals surface area contributed by atoms with Gasteiger partial charge in [-0.25, -0.2) is 0 Å². The maximum absolute atomic E-state index is 10.4. The quantitative estimate of drug-likeness (QED) is 0.880. The molecule has 0 radical (unpaired) electrons. The highest BCUT2D eigenvalue weighted by Gasteiger charge is 2.23. The van der Waals surface area contributed by atoms with E-state index in [9.17, 15) is 5.11 Å². The van der Waals surface area contributed by atoms with E-state index in [1.165, 1.54) is 4.88 Å². The standard InChI is InChI=1S/C13H13ClOS/c1-13(15,9-12-3-2-8-16-12)10-4-6-11(14)7-5-10/h2-8,15H,9H2,1H3. The molecule has 1 aromatic carbocycles. The predicted octanol–water partition coefficient (Wildman–Crippen LogP) is 3.85. The molecule has 1 N–H and O–H groups in total. The van der Waals surface area contributed by atoms with Gasteiger partial charge in [-0.2, -0.15) is 0 Å². The number of benzene rings is 1. The number of hydrogen-bond acceptors (Lipinski definition) is 2. The third-order valence-corrected chi connectivity index (χ3v) is 3.69. The first-order chi connectivity index (χ1) is 7.58. The molecular weight excluding hydrogens is 240 g/mol. The lowest BCUT2D eigenvalue weighted by molar-refractivity contribution is 0.0585. The molecule has 0 aliphatic carbocycles. The summed E-state index contributed by atoms with van der Waals surface area (Å²) in [6.45, 7) is 1.83. The first kappa shape index (κ1) is 11.6. The molecule has 0 amide bonds. The van der Waals surface area contributed by atoms with Crippen molar-refractivity contribution >= 4 is 22.9 Å². The minimum Gasteiger partial charge on any atom is -0.385 e. The summed E-state index contributed by atoms with van der Waals surface area (Å²) in [7, 11) is 0. The molecule has 1 heterocycles. The van der Waals surface area contributed by atoms with E-state index in [1.807, 2.05) is 36.6 Å². The van der Waals surface area contributed by atoms with Crippen LogP contribution >= 0.6 is 22.9 Å². The van der Waals surface area contributed by atoms with Crippen LogP contribution in [-0.2, 0) is 12.0 Å². The molecule has 84 valence electrons. The summed E-state index contributed by atoms with van der Waals surface area (Å²) in [5.41, 5.74) is 0.0559. The van der Waals surface area contributed by atoms with Crippen molar-refractivity contribution in [1.29, 1.82) is 0 Å². The summed E-state index contributed by atoms with van der Waals surface area (Å²) in [6.07, 6.45) is 0.631. The third kappa shape index (κ3) is 2.64. The average Bonchev–Trinajstić information content (AvgIpc) is 2.70. The van der Waals surface area contributed by atoms with Crippen LogP contribution < -0.4 is 0 Å². The van der Waals surface area contributed by atoms with E-state index in [-0.39, 0.29) is 0 Å². The zero-order valence-corrected chi connectivity index (χ0v) is 10.6. The van der Waals surface area contributed by atoms with Gasteiger partial charge in [-0.3, -0.25) is 0 Å². The van der Waals surface area contributed by atoms with Gasteiger partial charge in [0.15, 0.2) is 0 Å². The summed E-state index contributed by atoms with van der Waals surface area (Å²) in [4.78, 5) is 1.18. The smallest absolute Gasteiger partial charge is 0.0916 e. The van der Waals surface area contributed by atoms with E-state index < -0.39 is 5.60 Å². The van der Waals surface area contributed by atoms with Crippen molar-refractivity contribution in [2.45, 2.75) is 18.9 Å². The zero-order valence-electron chi connectivity index (χ0n) is 8.98. The summed E-state index contributed by atoms with van der Waals surface area (Å²) < 4.78 is 0. The van der Waals surface area contributed by atoms with Gasteiger partial charge in [0.2, 0.25) is 0 Å². The number of rotatable bonds is 3.